The fourth-order valence-electron chi connectivity index (χ4n) is 4.47. The van der Waals surface area contributed by atoms with Crippen LogP contribution in [0.1, 0.15) is 67.5 Å². The van der Waals surface area contributed by atoms with Gasteiger partial charge >= 0.3 is 0 Å². The molecule has 1 aliphatic carbocycles. The maximum Gasteiger partial charge on any atom is 0.270 e. The number of aromatic nitrogens is 4. The highest BCUT2D eigenvalue weighted by atomic mass is 16.2. The molecule has 2 N–H and O–H groups in total. The van der Waals surface area contributed by atoms with Gasteiger partial charge in [-0.2, -0.15) is 4.98 Å². The number of rotatable bonds is 10. The molecule has 3 aromatic rings. The van der Waals surface area contributed by atoms with Crippen molar-refractivity contribution in [3.63, 3.8) is 0 Å². The standard InChI is InChI=1S/C25H35N7O/c1-4-13-26-14-7-8-18-11-12-22(27-16-18)29-25-28-17-19-15-21(24(33)31(2)3)32(23(19)30-25)20-9-5-6-10-20/h11-12,15-17,20,26H,4-10,13-14H2,1-3H3,(H,27,28,29,30). The molecule has 8 nitrogen and oxygen atoms in total. The molecule has 1 fully saturated rings. The first-order valence-corrected chi connectivity index (χ1v) is 12.1. The number of nitrogens with zero attached hydrogens (tertiary/aromatic N) is 5. The number of aryl methyl sites for hydroxylation is 1. The van der Waals surface area contributed by atoms with Gasteiger partial charge in [-0.1, -0.05) is 25.8 Å². The van der Waals surface area contributed by atoms with Gasteiger partial charge in [0.1, 0.15) is 17.2 Å². The van der Waals surface area contributed by atoms with E-state index in [1.54, 1.807) is 25.2 Å². The third kappa shape index (κ3) is 5.50. The first-order chi connectivity index (χ1) is 16.1. The van der Waals surface area contributed by atoms with Crippen molar-refractivity contribution < 1.29 is 4.79 Å². The molecule has 0 bridgehead atoms. The molecule has 1 aliphatic rings. The van der Waals surface area contributed by atoms with Crippen LogP contribution in [0.25, 0.3) is 11.0 Å². The van der Waals surface area contributed by atoms with Crippen molar-refractivity contribution >= 4 is 28.7 Å². The van der Waals surface area contributed by atoms with Crippen molar-refractivity contribution in [2.45, 2.75) is 57.9 Å². The predicted octanol–water partition coefficient (Wildman–Crippen LogP) is 4.32. The Morgan fingerprint density at radius 2 is 1.97 bits per heavy atom. The third-order valence-electron chi connectivity index (χ3n) is 6.20. The Hall–Kier alpha value is -3.00. The van der Waals surface area contributed by atoms with Gasteiger partial charge < -0.3 is 20.1 Å². The SMILES string of the molecule is CCCNCCCc1ccc(Nc2ncc3cc(C(=O)N(C)C)n(C4CCCC4)c3n2)nc1. The van der Waals surface area contributed by atoms with E-state index < -0.39 is 0 Å². The highest BCUT2D eigenvalue weighted by molar-refractivity contribution is 5.97. The molecule has 0 aliphatic heterocycles. The lowest BCUT2D eigenvalue weighted by Crippen LogP contribution is -2.25. The maximum absolute atomic E-state index is 12.9. The van der Waals surface area contributed by atoms with Crippen LogP contribution >= 0.6 is 0 Å². The molecule has 1 saturated carbocycles. The van der Waals surface area contributed by atoms with Crippen molar-refractivity contribution in [1.29, 1.82) is 0 Å². The third-order valence-corrected chi connectivity index (χ3v) is 6.20. The van der Waals surface area contributed by atoms with E-state index in [4.69, 9.17) is 4.98 Å². The average Bonchev–Trinajstić information content (AvgIpc) is 3.47. The van der Waals surface area contributed by atoms with Gasteiger partial charge in [0, 0.05) is 37.9 Å². The number of fused-ring (bicyclic) bond motifs is 1. The summed E-state index contributed by atoms with van der Waals surface area (Å²) in [6.07, 6.45) is 11.5. The molecule has 33 heavy (non-hydrogen) atoms. The van der Waals surface area contributed by atoms with Crippen LogP contribution in [0.3, 0.4) is 0 Å². The van der Waals surface area contributed by atoms with E-state index in [0.29, 0.717) is 23.5 Å². The summed E-state index contributed by atoms with van der Waals surface area (Å²) >= 11 is 0. The normalized spacial score (nSPS) is 14.2. The number of pyridine rings is 1. The molecule has 176 valence electrons. The number of amides is 1. The summed E-state index contributed by atoms with van der Waals surface area (Å²) in [5.74, 6) is 1.20. The van der Waals surface area contributed by atoms with Gasteiger partial charge in [-0.05, 0) is 62.9 Å². The van der Waals surface area contributed by atoms with E-state index in [-0.39, 0.29) is 5.91 Å². The van der Waals surface area contributed by atoms with Crippen LogP contribution in [-0.4, -0.2) is 57.5 Å². The van der Waals surface area contributed by atoms with Crippen molar-refractivity contribution in [2.75, 3.05) is 32.5 Å². The van der Waals surface area contributed by atoms with Gasteiger partial charge in [-0.3, -0.25) is 4.79 Å². The highest BCUT2D eigenvalue weighted by Crippen LogP contribution is 2.34. The molecule has 0 atom stereocenters. The molecule has 0 spiro atoms. The number of carbonyl (C=O) groups excluding carboxylic acids is 1. The first-order valence-electron chi connectivity index (χ1n) is 12.1. The molecule has 3 heterocycles. The highest BCUT2D eigenvalue weighted by Gasteiger charge is 2.26. The van der Waals surface area contributed by atoms with E-state index >= 15 is 0 Å². The monoisotopic (exact) mass is 449 g/mol. The molecule has 0 aromatic carbocycles. The van der Waals surface area contributed by atoms with Crippen LogP contribution in [0.5, 0.6) is 0 Å². The second-order valence-electron chi connectivity index (χ2n) is 9.04. The topological polar surface area (TPSA) is 88.0 Å². The van der Waals surface area contributed by atoms with E-state index in [9.17, 15) is 4.79 Å². The van der Waals surface area contributed by atoms with Gasteiger partial charge in [0.05, 0.1) is 0 Å². The molecule has 1 amide bonds. The van der Waals surface area contributed by atoms with E-state index in [1.807, 2.05) is 18.3 Å². The van der Waals surface area contributed by atoms with Crippen molar-refractivity contribution in [1.82, 2.24) is 29.7 Å². The van der Waals surface area contributed by atoms with E-state index in [2.05, 4.69) is 38.2 Å². The van der Waals surface area contributed by atoms with Crippen molar-refractivity contribution in [3.05, 3.63) is 41.9 Å². The van der Waals surface area contributed by atoms with E-state index in [0.717, 1.165) is 56.2 Å². The largest absolute Gasteiger partial charge is 0.343 e. The smallest absolute Gasteiger partial charge is 0.270 e. The van der Waals surface area contributed by atoms with Gasteiger partial charge in [0.25, 0.3) is 5.91 Å². The Morgan fingerprint density at radius 3 is 2.67 bits per heavy atom. The van der Waals surface area contributed by atoms with Gasteiger partial charge in [0.15, 0.2) is 0 Å². The van der Waals surface area contributed by atoms with Crippen LogP contribution in [0.2, 0.25) is 0 Å². The molecular weight excluding hydrogens is 414 g/mol. The quantitative estimate of drug-likeness (QED) is 0.448. The fourth-order valence-corrected chi connectivity index (χ4v) is 4.47. The Labute approximate surface area is 195 Å². The number of carbonyl (C=O) groups is 1. The van der Waals surface area contributed by atoms with Gasteiger partial charge in [0.2, 0.25) is 5.95 Å². The Morgan fingerprint density at radius 1 is 1.15 bits per heavy atom. The van der Waals surface area contributed by atoms with Crippen LogP contribution in [0.15, 0.2) is 30.6 Å². The number of anilines is 2. The summed E-state index contributed by atoms with van der Waals surface area (Å²) in [7, 11) is 3.57. The fraction of sp³-hybridized carbons (Fsp3) is 0.520. The molecule has 4 rings (SSSR count). The van der Waals surface area contributed by atoms with Crippen LogP contribution in [-0.2, 0) is 6.42 Å². The second-order valence-corrected chi connectivity index (χ2v) is 9.04. The molecule has 0 unspecified atom stereocenters. The zero-order valence-corrected chi connectivity index (χ0v) is 20.0. The summed E-state index contributed by atoms with van der Waals surface area (Å²) in [5.41, 5.74) is 2.71. The zero-order chi connectivity index (χ0) is 23.2. The van der Waals surface area contributed by atoms with Gasteiger partial charge in [-0.25, -0.2) is 9.97 Å². The van der Waals surface area contributed by atoms with Crippen LogP contribution in [0, 0.1) is 0 Å². The average molecular weight is 450 g/mol. The molecule has 3 aromatic heterocycles. The maximum atomic E-state index is 12.9. The minimum Gasteiger partial charge on any atom is -0.343 e. The Bertz CT molecular complexity index is 1070. The summed E-state index contributed by atoms with van der Waals surface area (Å²) in [6, 6.07) is 6.29. The lowest BCUT2D eigenvalue weighted by molar-refractivity contribution is 0.0815. The molecule has 0 saturated heterocycles. The van der Waals surface area contributed by atoms with Crippen molar-refractivity contribution in [2.24, 2.45) is 0 Å². The summed E-state index contributed by atoms with van der Waals surface area (Å²) in [5, 5.41) is 7.55. The number of hydrogen-bond acceptors (Lipinski definition) is 6. The second kappa shape index (κ2) is 10.7. The number of hydrogen-bond donors (Lipinski definition) is 2. The Kier molecular flexibility index (Phi) is 7.54. The minimum absolute atomic E-state index is 0.00319. The van der Waals surface area contributed by atoms with Crippen LogP contribution < -0.4 is 10.6 Å². The molecule has 8 heteroatoms. The first kappa shape index (κ1) is 23.2. The lowest BCUT2D eigenvalue weighted by Gasteiger charge is -2.19. The summed E-state index contributed by atoms with van der Waals surface area (Å²) < 4.78 is 2.13. The minimum atomic E-state index is -0.00319. The van der Waals surface area contributed by atoms with Crippen LogP contribution in [0.4, 0.5) is 11.8 Å². The molecular formula is C25H35N7O. The summed E-state index contributed by atoms with van der Waals surface area (Å²) in [6.45, 7) is 4.28. The van der Waals surface area contributed by atoms with Gasteiger partial charge in [-0.15, -0.1) is 0 Å². The zero-order valence-electron chi connectivity index (χ0n) is 20.0. The number of nitrogens with one attached hydrogen (secondary N) is 2. The van der Waals surface area contributed by atoms with E-state index in [1.165, 1.54) is 18.4 Å². The summed E-state index contributed by atoms with van der Waals surface area (Å²) in [4.78, 5) is 28.3. The lowest BCUT2D eigenvalue weighted by atomic mass is 10.1. The molecule has 0 radical (unpaired) electrons. The predicted molar refractivity (Wildman–Crippen MR) is 132 cm³/mol. The Balaban J connectivity index is 1.52. The van der Waals surface area contributed by atoms with Crippen molar-refractivity contribution in [3.8, 4) is 0 Å².